The van der Waals surface area contributed by atoms with E-state index in [4.69, 9.17) is 9.73 Å². The zero-order valence-corrected chi connectivity index (χ0v) is 13.5. The molecule has 21 heavy (non-hydrogen) atoms. The molecule has 0 radical (unpaired) electrons. The summed E-state index contributed by atoms with van der Waals surface area (Å²) in [5.74, 6) is 0.971. The van der Waals surface area contributed by atoms with Crippen molar-refractivity contribution in [2.45, 2.75) is 6.92 Å². The summed E-state index contributed by atoms with van der Waals surface area (Å²) in [6.07, 6.45) is 0. The highest BCUT2D eigenvalue weighted by Gasteiger charge is 2.15. The molecule has 0 amide bonds. The number of hydrogen-bond donors (Lipinski definition) is 0. The van der Waals surface area contributed by atoms with Gasteiger partial charge in [0.1, 0.15) is 0 Å². The van der Waals surface area contributed by atoms with Gasteiger partial charge in [0.25, 0.3) is 0 Å². The summed E-state index contributed by atoms with van der Waals surface area (Å²) < 4.78 is 5.44. The van der Waals surface area contributed by atoms with E-state index in [1.807, 2.05) is 20.2 Å². The average molecular weight is 290 g/mol. The molecule has 1 aliphatic rings. The Hall–Kier alpha value is -1.75. The molecule has 0 spiro atoms. The maximum Gasteiger partial charge on any atom is 0.201 e. The molecule has 1 saturated heterocycles. The Balaban J connectivity index is 2.34. The highest BCUT2D eigenvalue weighted by molar-refractivity contribution is 5.84. The molecule has 5 heteroatoms. The Bertz CT molecular complexity index is 481. The SMILES string of the molecule is CCN(C)C(=Nc1ccccc1N1CCOCC1)N(C)C. The number of para-hydroxylation sites is 2. The van der Waals surface area contributed by atoms with E-state index in [1.165, 1.54) is 5.69 Å². The Kier molecular flexibility index (Phi) is 5.44. The second-order valence-electron chi connectivity index (χ2n) is 5.41. The predicted octanol–water partition coefficient (Wildman–Crippen LogP) is 2.02. The summed E-state index contributed by atoms with van der Waals surface area (Å²) in [5.41, 5.74) is 2.20. The van der Waals surface area contributed by atoms with Crippen molar-refractivity contribution in [3.05, 3.63) is 24.3 Å². The topological polar surface area (TPSA) is 31.3 Å². The third-order valence-electron chi connectivity index (χ3n) is 3.67. The van der Waals surface area contributed by atoms with Crippen molar-refractivity contribution in [3.8, 4) is 0 Å². The fraction of sp³-hybridized carbons (Fsp3) is 0.562. The van der Waals surface area contributed by atoms with Crippen molar-refractivity contribution in [1.82, 2.24) is 9.80 Å². The van der Waals surface area contributed by atoms with Gasteiger partial charge < -0.3 is 19.4 Å². The molecule has 1 aromatic carbocycles. The van der Waals surface area contributed by atoms with Gasteiger partial charge in [-0.1, -0.05) is 12.1 Å². The lowest BCUT2D eigenvalue weighted by Gasteiger charge is -2.30. The molecule has 1 aliphatic heterocycles. The second kappa shape index (κ2) is 7.31. The molecule has 0 saturated carbocycles. The Morgan fingerprint density at radius 1 is 1.19 bits per heavy atom. The first kappa shape index (κ1) is 15.6. The van der Waals surface area contributed by atoms with Crippen LogP contribution in [0, 0.1) is 0 Å². The van der Waals surface area contributed by atoms with E-state index >= 15 is 0 Å². The number of anilines is 1. The van der Waals surface area contributed by atoms with Crippen LogP contribution in [0.15, 0.2) is 29.3 Å². The van der Waals surface area contributed by atoms with E-state index in [2.05, 4.69) is 46.9 Å². The van der Waals surface area contributed by atoms with E-state index < -0.39 is 0 Å². The third kappa shape index (κ3) is 3.88. The molecule has 1 aromatic rings. The van der Waals surface area contributed by atoms with Gasteiger partial charge in [0.15, 0.2) is 0 Å². The van der Waals surface area contributed by atoms with Crippen LogP contribution in [0.4, 0.5) is 11.4 Å². The van der Waals surface area contributed by atoms with Crippen molar-refractivity contribution in [2.24, 2.45) is 4.99 Å². The Morgan fingerprint density at radius 3 is 2.48 bits per heavy atom. The monoisotopic (exact) mass is 290 g/mol. The summed E-state index contributed by atoms with van der Waals surface area (Å²) in [6, 6.07) is 8.34. The Morgan fingerprint density at radius 2 is 1.86 bits per heavy atom. The minimum atomic E-state index is 0.785. The highest BCUT2D eigenvalue weighted by Crippen LogP contribution is 2.29. The quantitative estimate of drug-likeness (QED) is 0.629. The van der Waals surface area contributed by atoms with Crippen molar-refractivity contribution >= 4 is 17.3 Å². The summed E-state index contributed by atoms with van der Waals surface area (Å²) in [4.78, 5) is 11.4. The molecular weight excluding hydrogens is 264 g/mol. The smallest absolute Gasteiger partial charge is 0.201 e. The minimum Gasteiger partial charge on any atom is -0.378 e. The average Bonchev–Trinajstić information content (AvgIpc) is 2.52. The van der Waals surface area contributed by atoms with Crippen LogP contribution in [0.25, 0.3) is 0 Å². The van der Waals surface area contributed by atoms with E-state index in [-0.39, 0.29) is 0 Å². The van der Waals surface area contributed by atoms with Gasteiger partial charge in [-0.3, -0.25) is 0 Å². The molecule has 0 aromatic heterocycles. The number of ether oxygens (including phenoxy) is 1. The van der Waals surface area contributed by atoms with Gasteiger partial charge in [-0.05, 0) is 19.1 Å². The first-order valence-corrected chi connectivity index (χ1v) is 7.52. The van der Waals surface area contributed by atoms with Crippen LogP contribution < -0.4 is 4.90 Å². The van der Waals surface area contributed by atoms with Crippen LogP contribution in [0.2, 0.25) is 0 Å². The maximum atomic E-state index is 5.44. The number of morpholine rings is 1. The molecule has 5 nitrogen and oxygen atoms in total. The summed E-state index contributed by atoms with van der Waals surface area (Å²) in [7, 11) is 6.13. The minimum absolute atomic E-state index is 0.785. The van der Waals surface area contributed by atoms with Gasteiger partial charge in [0, 0.05) is 40.8 Å². The van der Waals surface area contributed by atoms with Crippen LogP contribution in [0.5, 0.6) is 0 Å². The van der Waals surface area contributed by atoms with Crippen LogP contribution in [-0.2, 0) is 4.74 Å². The van der Waals surface area contributed by atoms with Crippen molar-refractivity contribution in [3.63, 3.8) is 0 Å². The molecule has 0 unspecified atom stereocenters. The number of benzene rings is 1. The molecule has 0 atom stereocenters. The number of hydrogen-bond acceptors (Lipinski definition) is 3. The largest absolute Gasteiger partial charge is 0.378 e. The summed E-state index contributed by atoms with van der Waals surface area (Å²) in [5, 5.41) is 0. The van der Waals surface area contributed by atoms with Crippen LogP contribution in [0.3, 0.4) is 0 Å². The zero-order chi connectivity index (χ0) is 15.2. The van der Waals surface area contributed by atoms with Crippen LogP contribution >= 0.6 is 0 Å². The van der Waals surface area contributed by atoms with Gasteiger partial charge in [0.05, 0.1) is 24.6 Å². The van der Waals surface area contributed by atoms with Crippen molar-refractivity contribution in [2.75, 3.05) is 58.9 Å². The lowest BCUT2D eigenvalue weighted by molar-refractivity contribution is 0.123. The fourth-order valence-electron chi connectivity index (χ4n) is 2.41. The molecule has 116 valence electrons. The van der Waals surface area contributed by atoms with Gasteiger partial charge in [-0.15, -0.1) is 0 Å². The van der Waals surface area contributed by atoms with E-state index in [0.717, 1.165) is 44.5 Å². The van der Waals surface area contributed by atoms with Crippen LogP contribution in [0.1, 0.15) is 6.92 Å². The maximum absolute atomic E-state index is 5.44. The number of rotatable bonds is 3. The molecule has 1 fully saturated rings. The first-order chi connectivity index (χ1) is 10.1. The normalized spacial score (nSPS) is 16.0. The lowest BCUT2D eigenvalue weighted by atomic mass is 10.2. The fourth-order valence-corrected chi connectivity index (χ4v) is 2.41. The standard InChI is InChI=1S/C16H26N4O/c1-5-19(4)16(18(2)3)17-14-8-6-7-9-15(14)20-10-12-21-13-11-20/h6-9H,5,10-13H2,1-4H3. The number of aliphatic imine (C=N–C) groups is 1. The molecule has 0 N–H and O–H groups in total. The molecule has 0 aliphatic carbocycles. The second-order valence-corrected chi connectivity index (χ2v) is 5.41. The van der Waals surface area contributed by atoms with Gasteiger partial charge >= 0.3 is 0 Å². The molecule has 1 heterocycles. The predicted molar refractivity (Wildman–Crippen MR) is 88.6 cm³/mol. The molecule has 0 bridgehead atoms. The van der Waals surface area contributed by atoms with Crippen molar-refractivity contribution < 1.29 is 4.74 Å². The van der Waals surface area contributed by atoms with Gasteiger partial charge in [0.2, 0.25) is 5.96 Å². The van der Waals surface area contributed by atoms with Crippen LogP contribution in [-0.4, -0.2) is 69.8 Å². The third-order valence-corrected chi connectivity index (χ3v) is 3.67. The number of guanidine groups is 1. The zero-order valence-electron chi connectivity index (χ0n) is 13.5. The Labute approximate surface area is 127 Å². The number of nitrogens with zero attached hydrogens (tertiary/aromatic N) is 4. The first-order valence-electron chi connectivity index (χ1n) is 7.52. The molecular formula is C16H26N4O. The van der Waals surface area contributed by atoms with E-state index in [0.29, 0.717) is 0 Å². The highest BCUT2D eigenvalue weighted by atomic mass is 16.5. The van der Waals surface area contributed by atoms with Crippen molar-refractivity contribution in [1.29, 1.82) is 0 Å². The summed E-state index contributed by atoms with van der Waals surface area (Å²) >= 11 is 0. The summed E-state index contributed by atoms with van der Waals surface area (Å²) in [6.45, 7) is 6.48. The van der Waals surface area contributed by atoms with Gasteiger partial charge in [-0.25, -0.2) is 4.99 Å². The van der Waals surface area contributed by atoms with E-state index in [9.17, 15) is 0 Å². The lowest BCUT2D eigenvalue weighted by Crippen LogP contribution is -2.38. The van der Waals surface area contributed by atoms with Gasteiger partial charge in [-0.2, -0.15) is 0 Å². The molecule has 2 rings (SSSR count). The van der Waals surface area contributed by atoms with E-state index in [1.54, 1.807) is 0 Å².